The average molecular weight is 340 g/mol. The number of amides is 1. The number of nitriles is 1. The largest absolute Gasteiger partial charge is 0.496 e. The van der Waals surface area contributed by atoms with Gasteiger partial charge in [0.1, 0.15) is 11.4 Å². The molecule has 0 N–H and O–H groups in total. The van der Waals surface area contributed by atoms with Crippen LogP contribution in [-0.2, 0) is 4.74 Å². The normalized spacial score (nSPS) is 22.2. The van der Waals surface area contributed by atoms with Crippen LogP contribution in [0.15, 0.2) is 24.3 Å². The van der Waals surface area contributed by atoms with Gasteiger partial charge >= 0.3 is 6.09 Å². The monoisotopic (exact) mass is 340 g/mol. The molecular weight excluding hydrogens is 316 g/mol. The van der Waals surface area contributed by atoms with Gasteiger partial charge in [-0.25, -0.2) is 4.79 Å². The molecule has 5 heteroatoms. The first-order chi connectivity index (χ1) is 11.8. The summed E-state index contributed by atoms with van der Waals surface area (Å²) in [5, 5.41) is 9.18. The number of nitrogens with zero attached hydrogens (tertiary/aromatic N) is 2. The molecule has 0 aliphatic carbocycles. The summed E-state index contributed by atoms with van der Waals surface area (Å²) in [6.45, 7) is 5.66. The molecule has 0 saturated carbocycles. The lowest BCUT2D eigenvalue weighted by atomic mass is 9.93. The third-order valence-electron chi connectivity index (χ3n) is 4.67. The molecule has 0 spiro atoms. The molecule has 1 amide bonds. The molecule has 2 aliphatic rings. The fourth-order valence-corrected chi connectivity index (χ4v) is 3.66. The van der Waals surface area contributed by atoms with Crippen molar-refractivity contribution < 1.29 is 14.3 Å². The molecule has 2 heterocycles. The van der Waals surface area contributed by atoms with Crippen LogP contribution in [0.2, 0.25) is 0 Å². The molecule has 1 fully saturated rings. The fraction of sp³-hybridized carbons (Fsp3) is 0.500. The SMILES string of the molecule is COc1ccc(C#N)cc1C1=CC2CCC(C1)N2C(=O)OC(C)(C)C. The predicted molar refractivity (Wildman–Crippen MR) is 95.2 cm³/mol. The van der Waals surface area contributed by atoms with Gasteiger partial charge in [-0.3, -0.25) is 4.90 Å². The maximum Gasteiger partial charge on any atom is 0.411 e. The molecule has 1 aromatic rings. The van der Waals surface area contributed by atoms with Crippen molar-refractivity contribution in [3.05, 3.63) is 35.4 Å². The Hall–Kier alpha value is -2.48. The summed E-state index contributed by atoms with van der Waals surface area (Å²) in [4.78, 5) is 14.4. The second kappa shape index (κ2) is 6.44. The van der Waals surface area contributed by atoms with Crippen molar-refractivity contribution in [3.63, 3.8) is 0 Å². The zero-order chi connectivity index (χ0) is 18.2. The Morgan fingerprint density at radius 2 is 2.08 bits per heavy atom. The summed E-state index contributed by atoms with van der Waals surface area (Å²) >= 11 is 0. The van der Waals surface area contributed by atoms with E-state index in [1.54, 1.807) is 13.2 Å². The van der Waals surface area contributed by atoms with Crippen LogP contribution in [0.1, 0.15) is 51.2 Å². The van der Waals surface area contributed by atoms with E-state index in [-0.39, 0.29) is 18.2 Å². The standard InChI is InChI=1S/C20H24N2O3/c1-20(2,3)25-19(23)22-15-6-7-16(22)11-14(10-15)17-9-13(12-21)5-8-18(17)24-4/h5,8-10,15-16H,6-7,11H2,1-4H3. The van der Waals surface area contributed by atoms with E-state index in [1.165, 1.54) is 0 Å². The topological polar surface area (TPSA) is 62.6 Å². The van der Waals surface area contributed by atoms with E-state index >= 15 is 0 Å². The summed E-state index contributed by atoms with van der Waals surface area (Å²) in [5.41, 5.74) is 2.20. The van der Waals surface area contributed by atoms with E-state index in [0.29, 0.717) is 5.56 Å². The molecule has 2 aliphatic heterocycles. The van der Waals surface area contributed by atoms with Crippen LogP contribution in [0.4, 0.5) is 4.79 Å². The third kappa shape index (κ3) is 3.48. The van der Waals surface area contributed by atoms with Crippen LogP contribution in [0.3, 0.4) is 0 Å². The highest BCUT2D eigenvalue weighted by atomic mass is 16.6. The van der Waals surface area contributed by atoms with Gasteiger partial charge in [-0.05, 0) is 63.8 Å². The van der Waals surface area contributed by atoms with E-state index in [9.17, 15) is 10.1 Å². The van der Waals surface area contributed by atoms with Gasteiger partial charge in [-0.1, -0.05) is 6.08 Å². The minimum Gasteiger partial charge on any atom is -0.496 e. The molecule has 1 aromatic carbocycles. The Bertz CT molecular complexity index is 755. The first-order valence-electron chi connectivity index (χ1n) is 8.63. The highest BCUT2D eigenvalue weighted by Crippen LogP contribution is 2.41. The maximum absolute atomic E-state index is 12.5. The molecule has 2 atom stereocenters. The number of benzene rings is 1. The van der Waals surface area contributed by atoms with Gasteiger partial charge < -0.3 is 9.47 Å². The van der Waals surface area contributed by atoms with Crippen molar-refractivity contribution >= 4 is 11.7 Å². The van der Waals surface area contributed by atoms with Crippen molar-refractivity contribution in [2.45, 2.75) is 57.7 Å². The van der Waals surface area contributed by atoms with Crippen molar-refractivity contribution in [2.24, 2.45) is 0 Å². The van der Waals surface area contributed by atoms with E-state index in [2.05, 4.69) is 12.1 Å². The number of fused-ring (bicyclic) bond motifs is 2. The zero-order valence-corrected chi connectivity index (χ0v) is 15.2. The third-order valence-corrected chi connectivity index (χ3v) is 4.67. The lowest BCUT2D eigenvalue weighted by molar-refractivity contribution is 0.0175. The van der Waals surface area contributed by atoms with E-state index in [1.807, 2.05) is 37.8 Å². The van der Waals surface area contributed by atoms with Crippen LogP contribution in [0.5, 0.6) is 5.75 Å². The number of methoxy groups -OCH3 is 1. The number of carbonyl (C=O) groups is 1. The number of ether oxygens (including phenoxy) is 2. The minimum absolute atomic E-state index is 0.0408. The lowest BCUT2D eigenvalue weighted by Gasteiger charge is -2.35. The Kier molecular flexibility index (Phi) is 4.47. The van der Waals surface area contributed by atoms with Crippen molar-refractivity contribution in [3.8, 4) is 11.8 Å². The Labute approximate surface area is 148 Å². The second-order valence-corrected chi connectivity index (χ2v) is 7.61. The average Bonchev–Trinajstić information content (AvgIpc) is 2.83. The summed E-state index contributed by atoms with van der Waals surface area (Å²) in [6, 6.07) is 7.81. The molecule has 2 unspecified atom stereocenters. The number of carbonyl (C=O) groups excluding carboxylic acids is 1. The van der Waals surface area contributed by atoms with Gasteiger partial charge in [0, 0.05) is 11.6 Å². The molecular formula is C20H24N2O3. The van der Waals surface area contributed by atoms with Crippen molar-refractivity contribution in [1.29, 1.82) is 5.26 Å². The van der Waals surface area contributed by atoms with E-state index in [0.717, 1.165) is 36.1 Å². The van der Waals surface area contributed by atoms with Crippen molar-refractivity contribution in [1.82, 2.24) is 4.90 Å². The van der Waals surface area contributed by atoms with Crippen LogP contribution in [0.25, 0.3) is 5.57 Å². The van der Waals surface area contributed by atoms with Crippen molar-refractivity contribution in [2.75, 3.05) is 7.11 Å². The van der Waals surface area contributed by atoms with Gasteiger partial charge in [0.25, 0.3) is 0 Å². The van der Waals surface area contributed by atoms with Crippen LogP contribution in [-0.4, -0.2) is 35.8 Å². The predicted octanol–water partition coefficient (Wildman–Crippen LogP) is 4.12. The number of hydrogen-bond donors (Lipinski definition) is 0. The minimum atomic E-state index is -0.495. The Morgan fingerprint density at radius 3 is 2.68 bits per heavy atom. The summed E-state index contributed by atoms with van der Waals surface area (Å²) in [7, 11) is 1.63. The molecule has 2 bridgehead atoms. The lowest BCUT2D eigenvalue weighted by Crippen LogP contribution is -2.45. The molecule has 1 saturated heterocycles. The van der Waals surface area contributed by atoms with Gasteiger partial charge in [0.15, 0.2) is 0 Å². The molecule has 0 aromatic heterocycles. The first-order valence-corrected chi connectivity index (χ1v) is 8.63. The first kappa shape index (κ1) is 17.3. The highest BCUT2D eigenvalue weighted by molar-refractivity contribution is 5.77. The smallest absolute Gasteiger partial charge is 0.411 e. The molecule has 132 valence electrons. The highest BCUT2D eigenvalue weighted by Gasteiger charge is 2.42. The molecule has 3 rings (SSSR count). The molecule has 0 radical (unpaired) electrons. The maximum atomic E-state index is 12.5. The fourth-order valence-electron chi connectivity index (χ4n) is 3.66. The van der Waals surface area contributed by atoms with Crippen LogP contribution >= 0.6 is 0 Å². The van der Waals surface area contributed by atoms with Crippen LogP contribution in [0, 0.1) is 11.3 Å². The quantitative estimate of drug-likeness (QED) is 0.812. The summed E-state index contributed by atoms with van der Waals surface area (Å²) in [5.74, 6) is 0.760. The van der Waals surface area contributed by atoms with Gasteiger partial charge in [0.2, 0.25) is 0 Å². The molecule has 5 nitrogen and oxygen atoms in total. The van der Waals surface area contributed by atoms with Gasteiger partial charge in [-0.15, -0.1) is 0 Å². The Morgan fingerprint density at radius 1 is 1.32 bits per heavy atom. The summed E-state index contributed by atoms with van der Waals surface area (Å²) in [6.07, 6.45) is 4.54. The number of hydrogen-bond acceptors (Lipinski definition) is 4. The summed E-state index contributed by atoms with van der Waals surface area (Å²) < 4.78 is 11.0. The van der Waals surface area contributed by atoms with Crippen LogP contribution < -0.4 is 4.74 Å². The number of rotatable bonds is 2. The van der Waals surface area contributed by atoms with Gasteiger partial charge in [-0.2, -0.15) is 5.26 Å². The molecule has 25 heavy (non-hydrogen) atoms. The Balaban J connectivity index is 1.90. The van der Waals surface area contributed by atoms with E-state index in [4.69, 9.17) is 9.47 Å². The van der Waals surface area contributed by atoms with Gasteiger partial charge in [0.05, 0.1) is 24.8 Å². The second-order valence-electron chi connectivity index (χ2n) is 7.61. The van der Waals surface area contributed by atoms with E-state index < -0.39 is 5.60 Å². The zero-order valence-electron chi connectivity index (χ0n) is 15.2.